The topological polar surface area (TPSA) is 51.2 Å². The molecule has 0 aliphatic carbocycles. The second-order valence-electron chi connectivity index (χ2n) is 6.17. The van der Waals surface area contributed by atoms with Crippen molar-refractivity contribution < 1.29 is 9.53 Å². The summed E-state index contributed by atoms with van der Waals surface area (Å²) in [5.41, 5.74) is 3.66. The first-order valence-electron chi connectivity index (χ1n) is 8.55. The zero-order valence-electron chi connectivity index (χ0n) is 15.0. The van der Waals surface area contributed by atoms with E-state index in [1.165, 1.54) is 0 Å². The normalized spacial score (nSPS) is 10.7. The van der Waals surface area contributed by atoms with Gasteiger partial charge in [0.2, 0.25) is 0 Å². The number of fused-ring (bicyclic) bond motifs is 1. The molecule has 0 fully saturated rings. The van der Waals surface area contributed by atoms with Gasteiger partial charge in [-0.2, -0.15) is 0 Å². The molecule has 0 radical (unpaired) electrons. The quantitative estimate of drug-likeness (QED) is 0.511. The van der Waals surface area contributed by atoms with Crippen LogP contribution < -0.4 is 10.1 Å². The second-order valence-corrected chi connectivity index (χ2v) is 7.23. The fraction of sp³-hybridized carbons (Fsp3) is 0.0909. The van der Waals surface area contributed by atoms with E-state index in [2.05, 4.69) is 28.5 Å². The monoisotopic (exact) mass is 374 g/mol. The molecule has 1 N–H and O–H groups in total. The highest BCUT2D eigenvalue weighted by atomic mass is 32.1. The number of thiophene rings is 1. The Kier molecular flexibility index (Phi) is 4.60. The maximum Gasteiger partial charge on any atom is 0.256 e. The predicted molar refractivity (Wildman–Crippen MR) is 111 cm³/mol. The minimum Gasteiger partial charge on any atom is -0.496 e. The molecule has 5 heteroatoms. The highest BCUT2D eigenvalue weighted by Crippen LogP contribution is 2.42. The van der Waals surface area contributed by atoms with Crippen LogP contribution in [0.2, 0.25) is 0 Å². The summed E-state index contributed by atoms with van der Waals surface area (Å²) in [6, 6.07) is 19.7. The zero-order chi connectivity index (χ0) is 18.8. The fourth-order valence-electron chi connectivity index (χ4n) is 3.05. The van der Waals surface area contributed by atoms with Crippen LogP contribution in [0.15, 0.2) is 66.9 Å². The van der Waals surface area contributed by atoms with Gasteiger partial charge in [0.1, 0.15) is 5.75 Å². The summed E-state index contributed by atoms with van der Waals surface area (Å²) in [5.74, 6) is 0.647. The van der Waals surface area contributed by atoms with Crippen molar-refractivity contribution in [1.29, 1.82) is 0 Å². The zero-order valence-corrected chi connectivity index (χ0v) is 15.8. The van der Waals surface area contributed by atoms with Crippen molar-refractivity contribution in [1.82, 2.24) is 4.98 Å². The van der Waals surface area contributed by atoms with Crippen LogP contribution in [-0.4, -0.2) is 18.0 Å². The first kappa shape index (κ1) is 17.2. The Morgan fingerprint density at radius 3 is 2.63 bits per heavy atom. The van der Waals surface area contributed by atoms with Gasteiger partial charge in [0.15, 0.2) is 0 Å². The summed E-state index contributed by atoms with van der Waals surface area (Å²) in [6.07, 6.45) is 1.64. The third-order valence-electron chi connectivity index (χ3n) is 4.34. The second kappa shape index (κ2) is 7.21. The van der Waals surface area contributed by atoms with Crippen LogP contribution in [0.5, 0.6) is 5.75 Å². The number of benzene rings is 2. The van der Waals surface area contributed by atoms with E-state index in [1.807, 2.05) is 37.3 Å². The van der Waals surface area contributed by atoms with E-state index < -0.39 is 0 Å². The van der Waals surface area contributed by atoms with E-state index in [0.717, 1.165) is 37.7 Å². The number of methoxy groups -OCH3 is 1. The lowest BCUT2D eigenvalue weighted by atomic mass is 10.0. The number of aromatic nitrogens is 1. The maximum atomic E-state index is 12.6. The summed E-state index contributed by atoms with van der Waals surface area (Å²) in [5, 5.41) is 4.78. The Hall–Kier alpha value is -3.18. The highest BCUT2D eigenvalue weighted by molar-refractivity contribution is 7.23. The van der Waals surface area contributed by atoms with Gasteiger partial charge in [0.25, 0.3) is 5.91 Å². The van der Waals surface area contributed by atoms with Crippen molar-refractivity contribution in [2.45, 2.75) is 6.92 Å². The number of pyridine rings is 1. The Bertz CT molecular complexity index is 1120. The van der Waals surface area contributed by atoms with Crippen molar-refractivity contribution in [3.63, 3.8) is 0 Å². The van der Waals surface area contributed by atoms with Crippen LogP contribution in [0.4, 0.5) is 5.00 Å². The number of nitrogens with zero attached hydrogens (tertiary/aromatic N) is 1. The molecule has 0 aliphatic rings. The van der Waals surface area contributed by atoms with E-state index in [1.54, 1.807) is 36.8 Å². The number of amides is 1. The molecule has 0 atom stereocenters. The molecule has 2 aromatic carbocycles. The molecule has 4 rings (SSSR count). The molecule has 0 spiro atoms. The first-order valence-corrected chi connectivity index (χ1v) is 9.37. The lowest BCUT2D eigenvalue weighted by Crippen LogP contribution is -2.11. The van der Waals surface area contributed by atoms with Crippen LogP contribution in [0.1, 0.15) is 16.1 Å². The molecule has 2 aromatic heterocycles. The molecule has 0 bridgehead atoms. The lowest BCUT2D eigenvalue weighted by molar-refractivity contribution is 0.102. The van der Waals surface area contributed by atoms with Gasteiger partial charge in [-0.15, -0.1) is 11.3 Å². The van der Waals surface area contributed by atoms with Gasteiger partial charge < -0.3 is 10.1 Å². The van der Waals surface area contributed by atoms with Crippen LogP contribution in [-0.2, 0) is 0 Å². The van der Waals surface area contributed by atoms with Crippen LogP contribution in [0, 0.1) is 6.92 Å². The third kappa shape index (κ3) is 3.41. The van der Waals surface area contributed by atoms with Crippen LogP contribution >= 0.6 is 11.3 Å². The molecule has 1 amide bonds. The van der Waals surface area contributed by atoms with E-state index >= 15 is 0 Å². The molecule has 0 aliphatic heterocycles. The number of ether oxygens (including phenoxy) is 1. The molecule has 4 nitrogen and oxygen atoms in total. The van der Waals surface area contributed by atoms with Gasteiger partial charge in [-0.25, -0.2) is 0 Å². The Morgan fingerprint density at radius 1 is 1.07 bits per heavy atom. The summed E-state index contributed by atoms with van der Waals surface area (Å²) in [4.78, 5) is 16.7. The molecular formula is C22H18N2O2S. The average Bonchev–Trinajstić information content (AvgIpc) is 3.11. The van der Waals surface area contributed by atoms with Crippen molar-refractivity contribution in [2.24, 2.45) is 0 Å². The van der Waals surface area contributed by atoms with E-state index in [4.69, 9.17) is 4.74 Å². The van der Waals surface area contributed by atoms with Gasteiger partial charge >= 0.3 is 0 Å². The first-order chi connectivity index (χ1) is 13.2. The number of aryl methyl sites for hydroxylation is 1. The fourth-order valence-corrected chi connectivity index (χ4v) is 4.16. The number of carbonyl (C=O) groups excluding carboxylic acids is 1. The number of rotatable bonds is 4. The molecule has 2 heterocycles. The molecule has 134 valence electrons. The minimum atomic E-state index is -0.146. The summed E-state index contributed by atoms with van der Waals surface area (Å²) >= 11 is 1.55. The van der Waals surface area contributed by atoms with Crippen molar-refractivity contribution in [3.8, 4) is 16.9 Å². The summed E-state index contributed by atoms with van der Waals surface area (Å²) in [7, 11) is 1.66. The maximum absolute atomic E-state index is 12.6. The molecule has 4 aromatic rings. The van der Waals surface area contributed by atoms with Gasteiger partial charge in [-0.1, -0.05) is 30.3 Å². The SMILES string of the molecule is COc1ccc(-c2ccccc2)c2sc(NC(=O)c3ccnc(C)c3)cc12. The van der Waals surface area contributed by atoms with Crippen LogP contribution in [0.25, 0.3) is 21.2 Å². The van der Waals surface area contributed by atoms with Crippen molar-refractivity contribution in [3.05, 3.63) is 78.1 Å². The van der Waals surface area contributed by atoms with Crippen molar-refractivity contribution >= 4 is 32.3 Å². The Balaban J connectivity index is 1.76. The van der Waals surface area contributed by atoms with E-state index in [0.29, 0.717) is 5.56 Å². The Morgan fingerprint density at radius 2 is 1.89 bits per heavy atom. The molecule has 0 saturated heterocycles. The average molecular weight is 374 g/mol. The smallest absolute Gasteiger partial charge is 0.256 e. The molecule has 0 unspecified atom stereocenters. The number of hydrogen-bond donors (Lipinski definition) is 1. The number of hydrogen-bond acceptors (Lipinski definition) is 4. The third-order valence-corrected chi connectivity index (χ3v) is 5.43. The number of carbonyl (C=O) groups is 1. The van der Waals surface area contributed by atoms with Crippen LogP contribution in [0.3, 0.4) is 0 Å². The lowest BCUT2D eigenvalue weighted by Gasteiger charge is -2.06. The van der Waals surface area contributed by atoms with Crippen molar-refractivity contribution in [2.75, 3.05) is 12.4 Å². The van der Waals surface area contributed by atoms with Gasteiger partial charge in [0, 0.05) is 27.5 Å². The largest absolute Gasteiger partial charge is 0.496 e. The summed E-state index contributed by atoms with van der Waals surface area (Å²) < 4.78 is 6.61. The van der Waals surface area contributed by atoms with Gasteiger partial charge in [0.05, 0.1) is 12.1 Å². The van der Waals surface area contributed by atoms with E-state index in [-0.39, 0.29) is 5.91 Å². The standard InChI is InChI=1S/C22H18N2O2S/c1-14-12-16(10-11-23-14)22(25)24-20-13-18-19(26-2)9-8-17(21(18)27-20)15-6-4-3-5-7-15/h3-13H,1-2H3,(H,24,25). The molecular weight excluding hydrogens is 356 g/mol. The van der Waals surface area contributed by atoms with Gasteiger partial charge in [-0.05, 0) is 48.4 Å². The molecule has 0 saturated carbocycles. The number of anilines is 1. The van der Waals surface area contributed by atoms with Gasteiger partial charge in [-0.3, -0.25) is 9.78 Å². The number of nitrogens with one attached hydrogen (secondary N) is 1. The Labute approximate surface area is 161 Å². The minimum absolute atomic E-state index is 0.146. The summed E-state index contributed by atoms with van der Waals surface area (Å²) in [6.45, 7) is 1.87. The highest BCUT2D eigenvalue weighted by Gasteiger charge is 2.15. The molecule has 27 heavy (non-hydrogen) atoms. The van der Waals surface area contributed by atoms with E-state index in [9.17, 15) is 4.79 Å². The predicted octanol–water partition coefficient (Wildman–Crippen LogP) is 5.53.